The van der Waals surface area contributed by atoms with Gasteiger partial charge in [0.2, 0.25) is 0 Å². The van der Waals surface area contributed by atoms with Gasteiger partial charge in [0.15, 0.2) is 5.96 Å². The van der Waals surface area contributed by atoms with Gasteiger partial charge in [0.25, 0.3) is 0 Å². The lowest BCUT2D eigenvalue weighted by atomic mass is 10.2. The van der Waals surface area contributed by atoms with Crippen LogP contribution in [0.3, 0.4) is 0 Å². The molecule has 23 heavy (non-hydrogen) atoms. The van der Waals surface area contributed by atoms with E-state index in [4.69, 9.17) is 10.2 Å². The summed E-state index contributed by atoms with van der Waals surface area (Å²) < 4.78 is 5.85. The van der Waals surface area contributed by atoms with Crippen LogP contribution in [0.15, 0.2) is 21.5 Å². The maximum atomic E-state index is 6.07. The van der Waals surface area contributed by atoms with Crippen molar-refractivity contribution >= 4 is 29.9 Å². The van der Waals surface area contributed by atoms with E-state index in [1.54, 1.807) is 0 Å². The van der Waals surface area contributed by atoms with Crippen LogP contribution in [0.1, 0.15) is 56.1 Å². The van der Waals surface area contributed by atoms with E-state index in [0.29, 0.717) is 18.5 Å². The fourth-order valence-electron chi connectivity index (χ4n) is 3.58. The maximum absolute atomic E-state index is 6.07. The van der Waals surface area contributed by atoms with Gasteiger partial charge < -0.3 is 15.5 Å². The van der Waals surface area contributed by atoms with Crippen molar-refractivity contribution in [2.45, 2.75) is 57.5 Å². The molecule has 1 saturated carbocycles. The van der Waals surface area contributed by atoms with Crippen molar-refractivity contribution in [3.8, 4) is 0 Å². The molecule has 1 unspecified atom stereocenters. The van der Waals surface area contributed by atoms with Gasteiger partial charge in [0.1, 0.15) is 11.5 Å². The molecule has 5 nitrogen and oxygen atoms in total. The minimum atomic E-state index is 0. The van der Waals surface area contributed by atoms with E-state index < -0.39 is 0 Å². The summed E-state index contributed by atoms with van der Waals surface area (Å²) in [5.41, 5.74) is 6.07. The lowest BCUT2D eigenvalue weighted by Gasteiger charge is -2.24. The lowest BCUT2D eigenvalue weighted by molar-refractivity contribution is 0.219. The summed E-state index contributed by atoms with van der Waals surface area (Å²) in [6.45, 7) is 4.90. The summed E-state index contributed by atoms with van der Waals surface area (Å²) in [7, 11) is 0. The molecule has 3 N–H and O–H groups in total. The van der Waals surface area contributed by atoms with Gasteiger partial charge in [-0.05, 0) is 57.8 Å². The Balaban J connectivity index is 0.00000192. The first-order valence-electron chi connectivity index (χ1n) is 8.59. The molecule has 6 heteroatoms. The zero-order valence-corrected chi connectivity index (χ0v) is 16.3. The Morgan fingerprint density at radius 1 is 1.30 bits per heavy atom. The summed E-state index contributed by atoms with van der Waals surface area (Å²) in [4.78, 5) is 7.06. The van der Waals surface area contributed by atoms with Gasteiger partial charge in [-0.25, -0.2) is 0 Å². The Hall–Kier alpha value is -0.760. The molecule has 1 atom stereocenters. The molecule has 2 heterocycles. The van der Waals surface area contributed by atoms with Crippen molar-refractivity contribution in [2.75, 3.05) is 19.6 Å². The number of nitrogens with one attached hydrogen (secondary N) is 1. The predicted octanol–water partition coefficient (Wildman–Crippen LogP) is 3.19. The summed E-state index contributed by atoms with van der Waals surface area (Å²) in [5.74, 6) is 2.55. The monoisotopic (exact) mass is 432 g/mol. The zero-order chi connectivity index (χ0) is 15.4. The van der Waals surface area contributed by atoms with Gasteiger partial charge in [0, 0.05) is 6.04 Å². The van der Waals surface area contributed by atoms with Crippen LogP contribution in [0.4, 0.5) is 0 Å². The van der Waals surface area contributed by atoms with E-state index in [1.807, 2.05) is 13.0 Å². The van der Waals surface area contributed by atoms with Crippen molar-refractivity contribution in [1.82, 2.24) is 10.2 Å². The Morgan fingerprint density at radius 2 is 2.00 bits per heavy atom. The highest BCUT2D eigenvalue weighted by atomic mass is 127. The SMILES string of the molecule is Cc1ccc(C(CN=C(N)NC2CCCC2)N2CCCC2)o1.I. The van der Waals surface area contributed by atoms with Gasteiger partial charge in [-0.3, -0.25) is 9.89 Å². The normalized spacial score (nSPS) is 21.3. The second-order valence-electron chi connectivity index (χ2n) is 6.56. The number of furan rings is 1. The Kier molecular flexibility index (Phi) is 7.20. The highest BCUT2D eigenvalue weighted by Crippen LogP contribution is 2.27. The fraction of sp³-hybridized carbons (Fsp3) is 0.706. The number of rotatable bonds is 5. The van der Waals surface area contributed by atoms with E-state index in [9.17, 15) is 0 Å². The topological polar surface area (TPSA) is 66.8 Å². The standard InChI is InChI=1S/C17H28N4O.HI/c1-13-8-9-16(22-13)15(21-10-4-5-11-21)12-19-17(18)20-14-6-2-3-7-14;/h8-9,14-15H,2-7,10-12H2,1H3,(H3,18,19,20);1H. The summed E-state index contributed by atoms with van der Waals surface area (Å²) in [6.07, 6.45) is 7.54. The molecular formula is C17H29IN4O. The highest BCUT2D eigenvalue weighted by Gasteiger charge is 2.26. The van der Waals surface area contributed by atoms with Gasteiger partial charge in [0.05, 0.1) is 12.6 Å². The number of halogens is 1. The first kappa shape index (κ1) is 18.6. The van der Waals surface area contributed by atoms with Crippen molar-refractivity contribution in [2.24, 2.45) is 10.7 Å². The second-order valence-corrected chi connectivity index (χ2v) is 6.56. The van der Waals surface area contributed by atoms with Crippen LogP contribution in [0, 0.1) is 6.92 Å². The number of likely N-dealkylation sites (tertiary alicyclic amines) is 1. The molecule has 1 aliphatic carbocycles. The van der Waals surface area contributed by atoms with Crippen LogP contribution < -0.4 is 11.1 Å². The number of guanidine groups is 1. The quantitative estimate of drug-likeness (QED) is 0.426. The van der Waals surface area contributed by atoms with E-state index in [0.717, 1.165) is 24.6 Å². The van der Waals surface area contributed by atoms with Crippen LogP contribution >= 0.6 is 24.0 Å². The smallest absolute Gasteiger partial charge is 0.188 e. The fourth-order valence-corrected chi connectivity index (χ4v) is 3.58. The average molecular weight is 432 g/mol. The van der Waals surface area contributed by atoms with Gasteiger partial charge >= 0.3 is 0 Å². The molecular weight excluding hydrogens is 403 g/mol. The molecule has 2 fully saturated rings. The molecule has 1 aliphatic heterocycles. The minimum Gasteiger partial charge on any atom is -0.465 e. The Morgan fingerprint density at radius 3 is 2.61 bits per heavy atom. The Labute approximate surface area is 156 Å². The zero-order valence-electron chi connectivity index (χ0n) is 14.0. The van der Waals surface area contributed by atoms with Gasteiger partial charge in [-0.1, -0.05) is 12.8 Å². The number of hydrogen-bond acceptors (Lipinski definition) is 3. The van der Waals surface area contributed by atoms with Crippen LogP contribution in [0.25, 0.3) is 0 Å². The van der Waals surface area contributed by atoms with Gasteiger partial charge in [-0.2, -0.15) is 0 Å². The molecule has 0 spiro atoms. The van der Waals surface area contributed by atoms with Crippen molar-refractivity contribution in [1.29, 1.82) is 0 Å². The first-order chi connectivity index (χ1) is 10.7. The minimum absolute atomic E-state index is 0. The van der Waals surface area contributed by atoms with Crippen LogP contribution in [0.2, 0.25) is 0 Å². The van der Waals surface area contributed by atoms with Crippen LogP contribution in [-0.4, -0.2) is 36.5 Å². The molecule has 0 aromatic carbocycles. The molecule has 130 valence electrons. The third-order valence-electron chi connectivity index (χ3n) is 4.81. The lowest BCUT2D eigenvalue weighted by Crippen LogP contribution is -2.39. The maximum Gasteiger partial charge on any atom is 0.188 e. The summed E-state index contributed by atoms with van der Waals surface area (Å²) in [5, 5.41) is 3.36. The number of aliphatic imine (C=N–C) groups is 1. The third-order valence-corrected chi connectivity index (χ3v) is 4.81. The third kappa shape index (κ3) is 5.11. The van der Waals surface area contributed by atoms with E-state index in [1.165, 1.54) is 38.5 Å². The molecule has 0 bridgehead atoms. The molecule has 0 radical (unpaired) electrons. The molecule has 3 rings (SSSR count). The van der Waals surface area contributed by atoms with Crippen LogP contribution in [-0.2, 0) is 0 Å². The number of hydrogen-bond donors (Lipinski definition) is 2. The molecule has 2 aliphatic rings. The number of nitrogens with two attached hydrogens (primary N) is 1. The largest absolute Gasteiger partial charge is 0.465 e. The van der Waals surface area contributed by atoms with E-state index in [2.05, 4.69) is 21.3 Å². The number of aryl methyl sites for hydroxylation is 1. The van der Waals surface area contributed by atoms with Crippen molar-refractivity contribution < 1.29 is 4.42 Å². The number of nitrogens with zero attached hydrogens (tertiary/aromatic N) is 2. The molecule has 1 saturated heterocycles. The molecule has 0 amide bonds. The van der Waals surface area contributed by atoms with Gasteiger partial charge in [-0.15, -0.1) is 24.0 Å². The highest BCUT2D eigenvalue weighted by molar-refractivity contribution is 14.0. The van der Waals surface area contributed by atoms with E-state index in [-0.39, 0.29) is 30.0 Å². The first-order valence-corrected chi connectivity index (χ1v) is 8.59. The molecule has 1 aromatic heterocycles. The average Bonchev–Trinajstić information content (AvgIpc) is 3.22. The summed E-state index contributed by atoms with van der Waals surface area (Å²) in [6, 6.07) is 4.83. The molecule has 1 aromatic rings. The predicted molar refractivity (Wildman–Crippen MR) is 104 cm³/mol. The summed E-state index contributed by atoms with van der Waals surface area (Å²) >= 11 is 0. The van der Waals surface area contributed by atoms with Crippen molar-refractivity contribution in [3.63, 3.8) is 0 Å². The second kappa shape index (κ2) is 8.92. The van der Waals surface area contributed by atoms with Crippen LogP contribution in [0.5, 0.6) is 0 Å². The van der Waals surface area contributed by atoms with Crippen molar-refractivity contribution in [3.05, 3.63) is 23.7 Å². The van der Waals surface area contributed by atoms with E-state index >= 15 is 0 Å². The Bertz CT molecular complexity index is 504.